The minimum atomic E-state index is -1.70. The van der Waals surface area contributed by atoms with Crippen LogP contribution in [0, 0.1) is 0 Å². The van der Waals surface area contributed by atoms with Crippen molar-refractivity contribution in [2.24, 2.45) is 0 Å². The SMILES string of the molecule is CCCCCCCCOc1ccc2c(O[C@@H]3O[C@H](CO)[C@@H](O)[C@H](O)[C@H]3O)c(O)c(=O)oc2c1. The van der Waals surface area contributed by atoms with Gasteiger partial charge < -0.3 is 44.2 Å². The number of aliphatic hydroxyl groups excluding tert-OH is 4. The maximum absolute atomic E-state index is 12.1. The highest BCUT2D eigenvalue weighted by Crippen LogP contribution is 2.36. The first kappa shape index (κ1) is 25.3. The molecule has 184 valence electrons. The zero-order valence-electron chi connectivity index (χ0n) is 18.6. The summed E-state index contributed by atoms with van der Waals surface area (Å²) in [7, 11) is 0. The monoisotopic (exact) mass is 468 g/mol. The number of fused-ring (bicyclic) bond motifs is 1. The molecule has 10 heteroatoms. The molecule has 0 saturated carbocycles. The fourth-order valence-corrected chi connectivity index (χ4v) is 3.71. The molecule has 0 radical (unpaired) electrons. The van der Waals surface area contributed by atoms with Crippen molar-refractivity contribution >= 4 is 11.0 Å². The summed E-state index contributed by atoms with van der Waals surface area (Å²) in [6, 6.07) is 4.64. The van der Waals surface area contributed by atoms with E-state index in [2.05, 4.69) is 6.92 Å². The zero-order valence-corrected chi connectivity index (χ0v) is 18.6. The van der Waals surface area contributed by atoms with Crippen molar-refractivity contribution in [2.45, 2.75) is 76.2 Å². The summed E-state index contributed by atoms with van der Waals surface area (Å²) in [4.78, 5) is 12.1. The molecule has 5 atom stereocenters. The van der Waals surface area contributed by atoms with Crippen LogP contribution >= 0.6 is 0 Å². The lowest BCUT2D eigenvalue weighted by Crippen LogP contribution is -2.60. The molecule has 1 fully saturated rings. The Morgan fingerprint density at radius 3 is 2.45 bits per heavy atom. The highest BCUT2D eigenvalue weighted by molar-refractivity contribution is 5.86. The van der Waals surface area contributed by atoms with Crippen LogP contribution in [0.1, 0.15) is 45.4 Å². The van der Waals surface area contributed by atoms with Crippen molar-refractivity contribution in [3.05, 3.63) is 28.6 Å². The molecule has 1 aliphatic rings. The molecule has 0 aliphatic carbocycles. The lowest BCUT2D eigenvalue weighted by molar-refractivity contribution is -0.277. The highest BCUT2D eigenvalue weighted by Gasteiger charge is 2.45. The van der Waals surface area contributed by atoms with Crippen molar-refractivity contribution in [2.75, 3.05) is 13.2 Å². The third-order valence-corrected chi connectivity index (χ3v) is 5.66. The van der Waals surface area contributed by atoms with Crippen LogP contribution in [0.15, 0.2) is 27.4 Å². The van der Waals surface area contributed by atoms with Crippen molar-refractivity contribution in [1.29, 1.82) is 0 Å². The summed E-state index contributed by atoms with van der Waals surface area (Å²) in [5.74, 6) is -0.697. The third-order valence-electron chi connectivity index (χ3n) is 5.66. The Morgan fingerprint density at radius 1 is 1.00 bits per heavy atom. The maximum Gasteiger partial charge on any atom is 0.382 e. The number of ether oxygens (including phenoxy) is 3. The highest BCUT2D eigenvalue weighted by atomic mass is 16.7. The summed E-state index contributed by atoms with van der Waals surface area (Å²) >= 11 is 0. The molecule has 1 aliphatic heterocycles. The van der Waals surface area contributed by atoms with Crippen molar-refractivity contribution in [3.63, 3.8) is 0 Å². The fraction of sp³-hybridized carbons (Fsp3) is 0.609. The number of hydrogen-bond donors (Lipinski definition) is 5. The molecule has 10 nitrogen and oxygen atoms in total. The van der Waals surface area contributed by atoms with Crippen LogP contribution in [0.25, 0.3) is 11.0 Å². The van der Waals surface area contributed by atoms with E-state index in [9.17, 15) is 30.3 Å². The molecule has 0 bridgehead atoms. The fourth-order valence-electron chi connectivity index (χ4n) is 3.71. The van der Waals surface area contributed by atoms with Gasteiger partial charge in [-0.05, 0) is 18.6 Å². The van der Waals surface area contributed by atoms with E-state index in [0.29, 0.717) is 12.4 Å². The minimum absolute atomic E-state index is 0.0813. The van der Waals surface area contributed by atoms with Gasteiger partial charge in [0.1, 0.15) is 35.7 Å². The van der Waals surface area contributed by atoms with Gasteiger partial charge in [-0.15, -0.1) is 0 Å². The van der Waals surface area contributed by atoms with Crippen LogP contribution in [-0.2, 0) is 4.74 Å². The van der Waals surface area contributed by atoms with Crippen molar-refractivity contribution in [3.8, 4) is 17.2 Å². The lowest BCUT2D eigenvalue weighted by Gasteiger charge is -2.39. The van der Waals surface area contributed by atoms with E-state index >= 15 is 0 Å². The summed E-state index contributed by atoms with van der Waals surface area (Å²) in [5.41, 5.74) is -0.993. The Balaban J connectivity index is 1.74. The predicted molar refractivity (Wildman–Crippen MR) is 117 cm³/mol. The van der Waals surface area contributed by atoms with Gasteiger partial charge in [0.15, 0.2) is 5.75 Å². The van der Waals surface area contributed by atoms with Gasteiger partial charge in [0.05, 0.1) is 18.6 Å². The van der Waals surface area contributed by atoms with E-state index in [1.54, 1.807) is 6.07 Å². The Kier molecular flexibility index (Phi) is 8.93. The molecule has 2 aromatic rings. The Morgan fingerprint density at radius 2 is 1.73 bits per heavy atom. The largest absolute Gasteiger partial charge is 0.499 e. The molecule has 3 rings (SSSR count). The second kappa shape index (κ2) is 11.7. The molecule has 1 saturated heterocycles. The quantitative estimate of drug-likeness (QED) is 0.241. The van der Waals surface area contributed by atoms with Gasteiger partial charge in [-0.25, -0.2) is 4.79 Å². The first-order valence-corrected chi connectivity index (χ1v) is 11.3. The summed E-state index contributed by atoms with van der Waals surface area (Å²) in [5, 5.41) is 49.8. The molecular weight excluding hydrogens is 436 g/mol. The number of aliphatic hydroxyl groups is 4. The summed E-state index contributed by atoms with van der Waals surface area (Å²) in [6.45, 7) is 2.03. The van der Waals surface area contributed by atoms with Gasteiger partial charge in [-0.2, -0.15) is 0 Å². The van der Waals surface area contributed by atoms with E-state index in [0.717, 1.165) is 19.3 Å². The summed E-state index contributed by atoms with van der Waals surface area (Å²) < 4.78 is 21.7. The van der Waals surface area contributed by atoms with Crippen LogP contribution in [0.5, 0.6) is 17.2 Å². The number of hydrogen-bond acceptors (Lipinski definition) is 10. The zero-order chi connectivity index (χ0) is 24.0. The van der Waals surface area contributed by atoms with Crippen molar-refractivity contribution in [1.82, 2.24) is 0 Å². The molecule has 1 aromatic heterocycles. The Labute approximate surface area is 190 Å². The minimum Gasteiger partial charge on any atom is -0.499 e. The van der Waals surface area contributed by atoms with Crippen molar-refractivity contribution < 1.29 is 44.2 Å². The van der Waals surface area contributed by atoms with Gasteiger partial charge in [0.2, 0.25) is 12.0 Å². The topological polar surface area (TPSA) is 159 Å². The van der Waals surface area contributed by atoms with Gasteiger partial charge in [-0.1, -0.05) is 39.0 Å². The molecular formula is C23H32O10. The van der Waals surface area contributed by atoms with Gasteiger partial charge in [-0.3, -0.25) is 0 Å². The molecule has 33 heavy (non-hydrogen) atoms. The standard InChI is InChI=1S/C23H32O10/c1-2-3-4-5-6-7-10-30-13-8-9-14-15(11-13)31-22(29)20(28)21(14)33-23-19(27)18(26)17(25)16(12-24)32-23/h8-9,11,16-19,23-28H,2-7,10,12H2,1H3/t16-,17-,18+,19-,23+/m1/s1. The van der Waals surface area contributed by atoms with E-state index < -0.39 is 48.7 Å². The second-order valence-corrected chi connectivity index (χ2v) is 8.16. The smallest absolute Gasteiger partial charge is 0.382 e. The van der Waals surface area contributed by atoms with E-state index in [-0.39, 0.29) is 16.7 Å². The van der Waals surface area contributed by atoms with E-state index in [4.69, 9.17) is 18.6 Å². The predicted octanol–water partition coefficient (Wildman–Crippen LogP) is 1.42. The van der Waals surface area contributed by atoms with E-state index in [1.807, 2.05) is 0 Å². The van der Waals surface area contributed by atoms with E-state index in [1.165, 1.54) is 31.4 Å². The molecule has 1 aromatic carbocycles. The molecule has 0 spiro atoms. The van der Waals surface area contributed by atoms with Gasteiger partial charge >= 0.3 is 5.63 Å². The average molecular weight is 468 g/mol. The Bertz CT molecular complexity index is 956. The number of unbranched alkanes of at least 4 members (excludes halogenated alkanes) is 5. The Hall–Kier alpha value is -2.37. The lowest BCUT2D eigenvalue weighted by atomic mass is 9.99. The van der Waals surface area contributed by atoms with Crippen LogP contribution < -0.4 is 15.1 Å². The molecule has 2 heterocycles. The summed E-state index contributed by atoms with van der Waals surface area (Å²) in [6.07, 6.45) is -0.978. The molecule has 5 N–H and O–H groups in total. The molecule has 0 unspecified atom stereocenters. The van der Waals surface area contributed by atoms with Crippen LogP contribution in [-0.4, -0.2) is 69.5 Å². The van der Waals surface area contributed by atoms with Gasteiger partial charge in [0, 0.05) is 6.07 Å². The maximum atomic E-state index is 12.1. The van der Waals surface area contributed by atoms with Crippen LogP contribution in [0.2, 0.25) is 0 Å². The average Bonchev–Trinajstić information content (AvgIpc) is 2.81. The first-order chi connectivity index (χ1) is 15.9. The normalized spacial score (nSPS) is 25.3. The van der Waals surface area contributed by atoms with Crippen LogP contribution in [0.3, 0.4) is 0 Å². The van der Waals surface area contributed by atoms with Gasteiger partial charge in [0.25, 0.3) is 0 Å². The third kappa shape index (κ3) is 5.96. The van der Waals surface area contributed by atoms with Crippen LogP contribution in [0.4, 0.5) is 0 Å². The number of aromatic hydroxyl groups is 1. The molecule has 0 amide bonds. The second-order valence-electron chi connectivity index (χ2n) is 8.16. The number of rotatable bonds is 11. The number of benzene rings is 1. The first-order valence-electron chi connectivity index (χ1n) is 11.3.